The van der Waals surface area contributed by atoms with Crippen LogP contribution in [0.15, 0.2) is 11.6 Å². The van der Waals surface area contributed by atoms with Crippen LogP contribution in [0.5, 0.6) is 0 Å². The molecule has 9 atom stereocenters. The summed E-state index contributed by atoms with van der Waals surface area (Å²) in [6, 6.07) is 0. The topological polar surface area (TPSA) is 80.9 Å². The molecular formula is C19H30O4. The molecule has 0 saturated heterocycles. The smallest absolute Gasteiger partial charge is 0.0855 e. The quantitative estimate of drug-likeness (QED) is 0.511. The van der Waals surface area contributed by atoms with E-state index in [9.17, 15) is 20.4 Å². The van der Waals surface area contributed by atoms with Crippen LogP contribution in [0.25, 0.3) is 0 Å². The summed E-state index contributed by atoms with van der Waals surface area (Å²) in [6.45, 7) is 4.40. The molecule has 4 nitrogen and oxygen atoms in total. The van der Waals surface area contributed by atoms with Crippen LogP contribution < -0.4 is 0 Å². The summed E-state index contributed by atoms with van der Waals surface area (Å²) in [5.41, 5.74) is 1.02. The molecule has 0 aromatic rings. The average molecular weight is 322 g/mol. The highest BCUT2D eigenvalue weighted by molar-refractivity contribution is 5.27. The Labute approximate surface area is 138 Å². The van der Waals surface area contributed by atoms with Gasteiger partial charge in [-0.15, -0.1) is 0 Å². The molecule has 0 spiro atoms. The zero-order valence-corrected chi connectivity index (χ0v) is 14.2. The fraction of sp³-hybridized carbons (Fsp3) is 0.895. The summed E-state index contributed by atoms with van der Waals surface area (Å²) >= 11 is 0. The monoisotopic (exact) mass is 322 g/mol. The minimum Gasteiger partial charge on any atom is -0.392 e. The Hall–Kier alpha value is -0.420. The van der Waals surface area contributed by atoms with E-state index in [-0.39, 0.29) is 28.8 Å². The number of hydrogen-bond donors (Lipinski definition) is 4. The number of aliphatic hydroxyl groups excluding tert-OH is 4. The Kier molecular flexibility index (Phi) is 3.52. The Morgan fingerprint density at radius 2 is 1.70 bits per heavy atom. The van der Waals surface area contributed by atoms with Crippen LogP contribution >= 0.6 is 0 Å². The predicted molar refractivity (Wildman–Crippen MR) is 86.5 cm³/mol. The van der Waals surface area contributed by atoms with Gasteiger partial charge in [0.05, 0.1) is 24.4 Å². The van der Waals surface area contributed by atoms with Crippen molar-refractivity contribution >= 4 is 0 Å². The summed E-state index contributed by atoms with van der Waals surface area (Å²) in [5, 5.41) is 41.6. The maximum absolute atomic E-state index is 10.9. The molecule has 3 fully saturated rings. The molecule has 4 aliphatic carbocycles. The van der Waals surface area contributed by atoms with E-state index in [2.05, 4.69) is 13.8 Å². The molecule has 130 valence electrons. The largest absolute Gasteiger partial charge is 0.392 e. The zero-order chi connectivity index (χ0) is 16.6. The normalized spacial score (nSPS) is 58.9. The minimum absolute atomic E-state index is 0.0585. The van der Waals surface area contributed by atoms with Crippen molar-refractivity contribution < 1.29 is 20.4 Å². The molecule has 0 aromatic carbocycles. The SMILES string of the molecule is C[C@]12CCC(O)C=C1CC(O)[C@@H]1[C@H]2CC[C@]2(C)C(O)C(O)C[C@@H]12. The third kappa shape index (κ3) is 2.05. The van der Waals surface area contributed by atoms with Gasteiger partial charge in [-0.2, -0.15) is 0 Å². The number of hydrogen-bond acceptors (Lipinski definition) is 4. The molecule has 0 heterocycles. The summed E-state index contributed by atoms with van der Waals surface area (Å²) < 4.78 is 0. The molecule has 0 radical (unpaired) electrons. The van der Waals surface area contributed by atoms with E-state index >= 15 is 0 Å². The molecule has 4 aliphatic rings. The van der Waals surface area contributed by atoms with E-state index in [0.717, 1.165) is 25.7 Å². The van der Waals surface area contributed by atoms with Gasteiger partial charge in [0.1, 0.15) is 0 Å². The van der Waals surface area contributed by atoms with Crippen LogP contribution in [0.1, 0.15) is 52.4 Å². The van der Waals surface area contributed by atoms with Crippen LogP contribution in [0.2, 0.25) is 0 Å². The van der Waals surface area contributed by atoms with Gasteiger partial charge in [0, 0.05) is 0 Å². The fourth-order valence-corrected chi connectivity index (χ4v) is 6.67. The van der Waals surface area contributed by atoms with Crippen molar-refractivity contribution in [3.8, 4) is 0 Å². The van der Waals surface area contributed by atoms with E-state index in [1.54, 1.807) is 0 Å². The van der Waals surface area contributed by atoms with Gasteiger partial charge in [0.15, 0.2) is 0 Å². The molecule has 3 saturated carbocycles. The lowest BCUT2D eigenvalue weighted by Crippen LogP contribution is -2.56. The number of fused-ring (bicyclic) bond motifs is 5. The van der Waals surface area contributed by atoms with Gasteiger partial charge in [0.25, 0.3) is 0 Å². The Morgan fingerprint density at radius 3 is 2.43 bits per heavy atom. The summed E-state index contributed by atoms with van der Waals surface area (Å²) in [4.78, 5) is 0. The lowest BCUT2D eigenvalue weighted by molar-refractivity contribution is -0.124. The second-order valence-corrected chi connectivity index (χ2v) is 9.07. The highest BCUT2D eigenvalue weighted by Crippen LogP contribution is 2.65. The molecule has 4 N–H and O–H groups in total. The van der Waals surface area contributed by atoms with Gasteiger partial charge < -0.3 is 20.4 Å². The van der Waals surface area contributed by atoms with Gasteiger partial charge in [-0.05, 0) is 67.1 Å². The summed E-state index contributed by atoms with van der Waals surface area (Å²) in [7, 11) is 0. The van der Waals surface area contributed by atoms with Crippen LogP contribution in [0, 0.1) is 28.6 Å². The summed E-state index contributed by atoms with van der Waals surface area (Å²) in [6.07, 6.45) is 4.77. The van der Waals surface area contributed by atoms with E-state index in [4.69, 9.17) is 0 Å². The van der Waals surface area contributed by atoms with Crippen LogP contribution in [-0.2, 0) is 0 Å². The van der Waals surface area contributed by atoms with E-state index in [1.165, 1.54) is 5.57 Å². The van der Waals surface area contributed by atoms with Crippen molar-refractivity contribution in [2.24, 2.45) is 28.6 Å². The molecular weight excluding hydrogens is 292 g/mol. The lowest BCUT2D eigenvalue weighted by Gasteiger charge is -2.59. The predicted octanol–water partition coefficient (Wildman–Crippen LogP) is 1.61. The van der Waals surface area contributed by atoms with Crippen LogP contribution in [0.3, 0.4) is 0 Å². The standard InChI is InChI=1S/C19H30O4/c1-18-5-3-11(20)7-10(18)8-14(21)16-12(18)4-6-19(2)13(16)9-15(22)17(19)23/h7,11-17,20-23H,3-6,8-9H2,1-2H3/t11?,12-,13+,14?,15?,16-,17?,18+,19+/m1/s1. The maximum atomic E-state index is 10.9. The zero-order valence-electron chi connectivity index (χ0n) is 14.2. The number of aliphatic hydroxyl groups is 4. The van der Waals surface area contributed by atoms with Crippen molar-refractivity contribution in [3.05, 3.63) is 11.6 Å². The highest BCUT2D eigenvalue weighted by Gasteiger charge is 2.63. The third-order valence-corrected chi connectivity index (χ3v) is 8.08. The first-order valence-electron chi connectivity index (χ1n) is 9.21. The molecule has 23 heavy (non-hydrogen) atoms. The molecule has 4 heteroatoms. The second-order valence-electron chi connectivity index (χ2n) is 9.07. The Bertz CT molecular complexity index is 531. The van der Waals surface area contributed by atoms with Crippen molar-refractivity contribution in [2.45, 2.75) is 76.8 Å². The average Bonchev–Trinajstić information content (AvgIpc) is 2.73. The fourth-order valence-electron chi connectivity index (χ4n) is 6.67. The first-order chi connectivity index (χ1) is 10.8. The van der Waals surface area contributed by atoms with E-state index in [0.29, 0.717) is 18.8 Å². The lowest BCUT2D eigenvalue weighted by atomic mass is 9.46. The second kappa shape index (κ2) is 5.04. The Morgan fingerprint density at radius 1 is 0.957 bits per heavy atom. The van der Waals surface area contributed by atoms with Crippen molar-refractivity contribution in [1.29, 1.82) is 0 Å². The number of rotatable bonds is 0. The van der Waals surface area contributed by atoms with Gasteiger partial charge >= 0.3 is 0 Å². The maximum Gasteiger partial charge on any atom is 0.0855 e. The first-order valence-corrected chi connectivity index (χ1v) is 9.21. The van der Waals surface area contributed by atoms with Crippen molar-refractivity contribution in [3.63, 3.8) is 0 Å². The van der Waals surface area contributed by atoms with Crippen molar-refractivity contribution in [2.75, 3.05) is 0 Å². The van der Waals surface area contributed by atoms with Crippen molar-refractivity contribution in [1.82, 2.24) is 0 Å². The molecule has 4 rings (SSSR count). The van der Waals surface area contributed by atoms with Gasteiger partial charge in [0.2, 0.25) is 0 Å². The molecule has 4 unspecified atom stereocenters. The summed E-state index contributed by atoms with van der Waals surface area (Å²) in [5.74, 6) is 0.727. The molecule has 0 aliphatic heterocycles. The van der Waals surface area contributed by atoms with Gasteiger partial charge in [-0.25, -0.2) is 0 Å². The molecule has 0 bridgehead atoms. The highest BCUT2D eigenvalue weighted by atomic mass is 16.3. The minimum atomic E-state index is -0.668. The van der Waals surface area contributed by atoms with E-state index in [1.807, 2.05) is 6.08 Å². The third-order valence-electron chi connectivity index (χ3n) is 8.08. The molecule has 0 aromatic heterocycles. The molecule has 0 amide bonds. The van der Waals surface area contributed by atoms with Gasteiger partial charge in [-0.3, -0.25) is 0 Å². The van der Waals surface area contributed by atoms with Crippen LogP contribution in [0.4, 0.5) is 0 Å². The first kappa shape index (κ1) is 16.1. The Balaban J connectivity index is 1.73. The van der Waals surface area contributed by atoms with E-state index < -0.39 is 18.3 Å². The van der Waals surface area contributed by atoms with Gasteiger partial charge in [-0.1, -0.05) is 25.5 Å². The van der Waals surface area contributed by atoms with Crippen LogP contribution in [-0.4, -0.2) is 44.8 Å².